The smallest absolute Gasteiger partial charge is 0.228 e. The molecule has 1 N–H and O–H groups in total. The third-order valence-corrected chi connectivity index (χ3v) is 5.00. The number of hydrogen-bond donors (Lipinski definition) is 1. The van der Waals surface area contributed by atoms with Crippen LogP contribution in [-0.2, 0) is 22.2 Å². The first kappa shape index (κ1) is 17.3. The highest BCUT2D eigenvalue weighted by Gasteiger charge is 2.13. The van der Waals surface area contributed by atoms with E-state index in [4.69, 9.17) is 4.52 Å². The van der Waals surface area contributed by atoms with Crippen LogP contribution in [-0.4, -0.2) is 25.1 Å². The molecule has 2 aromatic carbocycles. The summed E-state index contributed by atoms with van der Waals surface area (Å²) >= 11 is 0. The van der Waals surface area contributed by atoms with Crippen LogP contribution in [0.15, 0.2) is 59.1 Å². The molecule has 0 radical (unpaired) electrons. The second-order valence-electron chi connectivity index (χ2n) is 5.77. The minimum absolute atomic E-state index is 0.0492. The monoisotopic (exact) mass is 357 g/mol. The van der Waals surface area contributed by atoms with Crippen molar-refractivity contribution in [3.05, 3.63) is 71.6 Å². The summed E-state index contributed by atoms with van der Waals surface area (Å²) in [5.74, 6) is 0.849. The summed E-state index contributed by atoms with van der Waals surface area (Å²) in [5.41, 5.74) is 2.71. The van der Waals surface area contributed by atoms with E-state index in [1.165, 1.54) is 0 Å². The number of aromatic nitrogens is 2. The van der Waals surface area contributed by atoms with Crippen molar-refractivity contribution in [3.8, 4) is 11.4 Å². The SMILES string of the molecule is Cc1ccc(CS(=O)(=O)NCCc2nc(-c3ccccc3)no2)cc1. The molecule has 0 bridgehead atoms. The fraction of sp³-hybridized carbons (Fsp3) is 0.222. The van der Waals surface area contributed by atoms with Gasteiger partial charge >= 0.3 is 0 Å². The van der Waals surface area contributed by atoms with Gasteiger partial charge in [0.25, 0.3) is 0 Å². The average Bonchev–Trinajstić information content (AvgIpc) is 3.06. The van der Waals surface area contributed by atoms with E-state index in [1.54, 1.807) is 0 Å². The standard InChI is InChI=1S/C18H19N3O3S/c1-14-7-9-15(10-8-14)13-25(22,23)19-12-11-17-20-18(21-24-17)16-5-3-2-4-6-16/h2-10,19H,11-13H2,1H3. The molecule has 0 unspecified atom stereocenters. The van der Waals surface area contributed by atoms with Crippen molar-refractivity contribution in [2.75, 3.05) is 6.54 Å². The van der Waals surface area contributed by atoms with Crippen LogP contribution in [0.5, 0.6) is 0 Å². The van der Waals surface area contributed by atoms with E-state index in [-0.39, 0.29) is 12.3 Å². The Labute approximate surface area is 147 Å². The number of aryl methyl sites for hydroxylation is 1. The lowest BCUT2D eigenvalue weighted by atomic mass is 10.2. The van der Waals surface area contributed by atoms with E-state index >= 15 is 0 Å². The summed E-state index contributed by atoms with van der Waals surface area (Å²) in [5, 5.41) is 3.91. The predicted octanol–water partition coefficient (Wildman–Crippen LogP) is 2.71. The van der Waals surface area contributed by atoms with Gasteiger partial charge in [0.15, 0.2) is 0 Å². The van der Waals surface area contributed by atoms with E-state index in [2.05, 4.69) is 14.9 Å². The molecular weight excluding hydrogens is 338 g/mol. The van der Waals surface area contributed by atoms with Crippen LogP contribution in [0.3, 0.4) is 0 Å². The molecule has 7 heteroatoms. The maximum Gasteiger partial charge on any atom is 0.228 e. The van der Waals surface area contributed by atoms with Gasteiger partial charge in [-0.15, -0.1) is 0 Å². The van der Waals surface area contributed by atoms with E-state index < -0.39 is 10.0 Å². The lowest BCUT2D eigenvalue weighted by Crippen LogP contribution is -2.27. The van der Waals surface area contributed by atoms with Crippen LogP contribution in [0.25, 0.3) is 11.4 Å². The maximum absolute atomic E-state index is 12.1. The number of nitrogens with one attached hydrogen (secondary N) is 1. The molecule has 6 nitrogen and oxygen atoms in total. The van der Waals surface area contributed by atoms with Gasteiger partial charge in [-0.1, -0.05) is 65.3 Å². The molecule has 0 aliphatic rings. The molecule has 0 amide bonds. The maximum atomic E-state index is 12.1. The molecule has 0 fully saturated rings. The normalized spacial score (nSPS) is 11.6. The zero-order valence-corrected chi connectivity index (χ0v) is 14.7. The molecule has 1 heterocycles. The van der Waals surface area contributed by atoms with Crippen molar-refractivity contribution in [3.63, 3.8) is 0 Å². The van der Waals surface area contributed by atoms with E-state index in [1.807, 2.05) is 61.5 Å². The third kappa shape index (κ3) is 4.98. The van der Waals surface area contributed by atoms with Crippen LogP contribution in [0.1, 0.15) is 17.0 Å². The van der Waals surface area contributed by atoms with Crippen molar-refractivity contribution in [1.82, 2.24) is 14.9 Å². The van der Waals surface area contributed by atoms with E-state index in [0.29, 0.717) is 18.1 Å². The highest BCUT2D eigenvalue weighted by atomic mass is 32.2. The fourth-order valence-electron chi connectivity index (χ4n) is 2.33. The van der Waals surface area contributed by atoms with Gasteiger partial charge in [0, 0.05) is 18.5 Å². The van der Waals surface area contributed by atoms with Crippen molar-refractivity contribution >= 4 is 10.0 Å². The molecule has 0 atom stereocenters. The second kappa shape index (κ2) is 7.58. The van der Waals surface area contributed by atoms with E-state index in [0.717, 1.165) is 16.7 Å². The Morgan fingerprint density at radius 3 is 2.48 bits per heavy atom. The van der Waals surface area contributed by atoms with Gasteiger partial charge in [-0.3, -0.25) is 0 Å². The first-order valence-electron chi connectivity index (χ1n) is 7.93. The van der Waals surface area contributed by atoms with Crippen LogP contribution in [0, 0.1) is 6.92 Å². The Bertz CT molecular complexity index is 920. The molecule has 0 aliphatic carbocycles. The molecule has 3 rings (SSSR count). The van der Waals surface area contributed by atoms with Gasteiger partial charge in [0.1, 0.15) is 0 Å². The Hall–Kier alpha value is -2.51. The molecule has 25 heavy (non-hydrogen) atoms. The Kier molecular flexibility index (Phi) is 5.25. The molecule has 1 aromatic heterocycles. The van der Waals surface area contributed by atoms with Crippen molar-refractivity contribution < 1.29 is 12.9 Å². The highest BCUT2D eigenvalue weighted by molar-refractivity contribution is 7.88. The molecule has 3 aromatic rings. The molecule has 0 saturated heterocycles. The minimum atomic E-state index is -3.40. The number of nitrogens with zero attached hydrogens (tertiary/aromatic N) is 2. The fourth-order valence-corrected chi connectivity index (χ4v) is 3.48. The van der Waals surface area contributed by atoms with Crippen molar-refractivity contribution in [1.29, 1.82) is 0 Å². The van der Waals surface area contributed by atoms with Crippen LogP contribution in [0.4, 0.5) is 0 Å². The number of sulfonamides is 1. The molecule has 130 valence electrons. The van der Waals surface area contributed by atoms with Gasteiger partial charge in [0.2, 0.25) is 21.7 Å². The summed E-state index contributed by atoms with van der Waals surface area (Å²) < 4.78 is 32.0. The molecular formula is C18H19N3O3S. The molecule has 0 aliphatic heterocycles. The number of hydrogen-bond acceptors (Lipinski definition) is 5. The number of benzene rings is 2. The summed E-state index contributed by atoms with van der Waals surface area (Å²) in [7, 11) is -3.40. The first-order valence-corrected chi connectivity index (χ1v) is 9.58. The predicted molar refractivity (Wildman–Crippen MR) is 95.2 cm³/mol. The van der Waals surface area contributed by atoms with Crippen molar-refractivity contribution in [2.45, 2.75) is 19.1 Å². The van der Waals surface area contributed by atoms with E-state index in [9.17, 15) is 8.42 Å². The summed E-state index contributed by atoms with van der Waals surface area (Å²) in [6.07, 6.45) is 0.340. The average molecular weight is 357 g/mol. The summed E-state index contributed by atoms with van der Waals surface area (Å²) in [6.45, 7) is 2.18. The zero-order valence-electron chi connectivity index (χ0n) is 13.8. The summed E-state index contributed by atoms with van der Waals surface area (Å²) in [6, 6.07) is 16.9. The largest absolute Gasteiger partial charge is 0.339 e. The van der Waals surface area contributed by atoms with Gasteiger partial charge in [0.05, 0.1) is 5.75 Å². The van der Waals surface area contributed by atoms with Crippen molar-refractivity contribution in [2.24, 2.45) is 0 Å². The Balaban J connectivity index is 1.54. The quantitative estimate of drug-likeness (QED) is 0.703. The highest BCUT2D eigenvalue weighted by Crippen LogP contribution is 2.14. The first-order chi connectivity index (χ1) is 12.0. The van der Waals surface area contributed by atoms with Crippen LogP contribution >= 0.6 is 0 Å². The van der Waals surface area contributed by atoms with Gasteiger partial charge < -0.3 is 4.52 Å². The van der Waals surface area contributed by atoms with Gasteiger partial charge in [-0.2, -0.15) is 4.98 Å². The topological polar surface area (TPSA) is 85.1 Å². The van der Waals surface area contributed by atoms with Gasteiger partial charge in [-0.25, -0.2) is 13.1 Å². The Morgan fingerprint density at radius 1 is 1.04 bits per heavy atom. The van der Waals surface area contributed by atoms with Gasteiger partial charge in [-0.05, 0) is 12.5 Å². The molecule has 0 spiro atoms. The Morgan fingerprint density at radius 2 is 1.76 bits per heavy atom. The van der Waals surface area contributed by atoms with Crippen LogP contribution in [0.2, 0.25) is 0 Å². The zero-order chi connectivity index (χ0) is 17.7. The lowest BCUT2D eigenvalue weighted by molar-refractivity contribution is 0.379. The second-order valence-corrected chi connectivity index (χ2v) is 7.57. The number of rotatable bonds is 7. The lowest BCUT2D eigenvalue weighted by Gasteiger charge is -2.06. The minimum Gasteiger partial charge on any atom is -0.339 e. The third-order valence-electron chi connectivity index (χ3n) is 3.64. The van der Waals surface area contributed by atoms with Crippen LogP contribution < -0.4 is 4.72 Å². The molecule has 0 saturated carbocycles. The summed E-state index contributed by atoms with van der Waals surface area (Å²) in [4.78, 5) is 4.28.